The molecule has 0 saturated carbocycles. The van der Waals surface area contributed by atoms with E-state index in [0.717, 1.165) is 12.1 Å². The molecule has 0 spiro atoms. The first-order valence-corrected chi connectivity index (χ1v) is 10.3. The maximum absolute atomic E-state index is 12.8. The summed E-state index contributed by atoms with van der Waals surface area (Å²) >= 11 is 0. The molecule has 29 heavy (non-hydrogen) atoms. The highest BCUT2D eigenvalue weighted by Crippen LogP contribution is 2.27. The van der Waals surface area contributed by atoms with E-state index in [1.54, 1.807) is 18.2 Å². The maximum Gasteiger partial charge on any atom is 0.573 e. The van der Waals surface area contributed by atoms with Crippen LogP contribution < -0.4 is 10.1 Å². The molecular weight excluding hydrogens is 409 g/mol. The Labute approximate surface area is 166 Å². The van der Waals surface area contributed by atoms with Gasteiger partial charge in [-0.05, 0) is 37.1 Å². The highest BCUT2D eigenvalue weighted by atomic mass is 32.2. The summed E-state index contributed by atoms with van der Waals surface area (Å²) in [5, 5.41) is 2.54. The fraction of sp³-hybridized carbons (Fsp3) is 0.316. The van der Waals surface area contributed by atoms with Crippen molar-refractivity contribution in [3.63, 3.8) is 0 Å². The van der Waals surface area contributed by atoms with E-state index >= 15 is 0 Å². The van der Waals surface area contributed by atoms with Crippen LogP contribution in [0.15, 0.2) is 59.5 Å². The first-order valence-electron chi connectivity index (χ1n) is 8.87. The van der Waals surface area contributed by atoms with Crippen LogP contribution in [0.5, 0.6) is 5.75 Å². The molecule has 1 aliphatic rings. The Morgan fingerprint density at radius 1 is 1.10 bits per heavy atom. The highest BCUT2D eigenvalue weighted by molar-refractivity contribution is 7.89. The summed E-state index contributed by atoms with van der Waals surface area (Å²) in [7, 11) is -3.72. The Balaban J connectivity index is 1.68. The van der Waals surface area contributed by atoms with Gasteiger partial charge >= 0.3 is 6.36 Å². The van der Waals surface area contributed by atoms with Gasteiger partial charge in [-0.15, -0.1) is 13.2 Å². The number of halogens is 3. The second-order valence-electron chi connectivity index (χ2n) is 6.58. The average Bonchev–Trinajstić information content (AvgIpc) is 2.68. The minimum absolute atomic E-state index is 0.00179. The van der Waals surface area contributed by atoms with Crippen LogP contribution in [0.1, 0.15) is 12.8 Å². The van der Waals surface area contributed by atoms with E-state index in [9.17, 15) is 26.4 Å². The standard InChI is InChI=1S/C19H19F3N2O4S/c20-19(21,22)28-16-8-4-7-15(12-16)23-18(25)14-6-5-11-24(13-14)29(26,27)17-9-2-1-3-10-17/h1-4,7-10,12,14H,5-6,11,13H2,(H,23,25). The number of sulfonamides is 1. The fourth-order valence-corrected chi connectivity index (χ4v) is 4.68. The monoisotopic (exact) mass is 428 g/mol. The van der Waals surface area contributed by atoms with Gasteiger partial charge in [0, 0.05) is 24.8 Å². The van der Waals surface area contributed by atoms with E-state index in [1.807, 2.05) is 0 Å². The number of ether oxygens (including phenoxy) is 1. The van der Waals surface area contributed by atoms with Gasteiger partial charge in [0.1, 0.15) is 5.75 Å². The van der Waals surface area contributed by atoms with Crippen LogP contribution in [0.2, 0.25) is 0 Å². The minimum Gasteiger partial charge on any atom is -0.406 e. The Morgan fingerprint density at radius 2 is 1.83 bits per heavy atom. The molecule has 3 rings (SSSR count). The Morgan fingerprint density at radius 3 is 2.52 bits per heavy atom. The number of nitrogens with one attached hydrogen (secondary N) is 1. The predicted octanol–water partition coefficient (Wildman–Crippen LogP) is 3.62. The summed E-state index contributed by atoms with van der Waals surface area (Å²) in [5.74, 6) is -1.52. The maximum atomic E-state index is 12.8. The topological polar surface area (TPSA) is 75.7 Å². The van der Waals surface area contributed by atoms with Crippen molar-refractivity contribution in [2.24, 2.45) is 5.92 Å². The molecular formula is C19H19F3N2O4S. The van der Waals surface area contributed by atoms with E-state index in [-0.39, 0.29) is 17.1 Å². The van der Waals surface area contributed by atoms with E-state index in [1.165, 1.54) is 28.6 Å². The first kappa shape index (κ1) is 21.1. The van der Waals surface area contributed by atoms with Crippen molar-refractivity contribution in [1.82, 2.24) is 4.31 Å². The third-order valence-corrected chi connectivity index (χ3v) is 6.35. The van der Waals surface area contributed by atoms with Crippen molar-refractivity contribution in [2.75, 3.05) is 18.4 Å². The second-order valence-corrected chi connectivity index (χ2v) is 8.52. The van der Waals surface area contributed by atoms with Crippen LogP contribution in [0.4, 0.5) is 18.9 Å². The number of piperidine rings is 1. The second kappa shape index (κ2) is 8.42. The SMILES string of the molecule is O=C(Nc1cccc(OC(F)(F)F)c1)C1CCCN(S(=O)(=O)c2ccccc2)C1. The molecule has 1 atom stereocenters. The molecule has 1 N–H and O–H groups in total. The third kappa shape index (κ3) is 5.48. The van der Waals surface area contributed by atoms with E-state index < -0.39 is 34.0 Å². The molecule has 1 amide bonds. The summed E-state index contributed by atoms with van der Waals surface area (Å²) in [6.45, 7) is 0.303. The Bertz CT molecular complexity index is 965. The number of nitrogens with zero attached hydrogens (tertiary/aromatic N) is 1. The number of anilines is 1. The van der Waals surface area contributed by atoms with Crippen molar-refractivity contribution >= 4 is 21.6 Å². The zero-order chi connectivity index (χ0) is 21.1. The number of carbonyl (C=O) groups excluding carboxylic acids is 1. The van der Waals surface area contributed by atoms with E-state index in [0.29, 0.717) is 19.4 Å². The van der Waals surface area contributed by atoms with E-state index in [4.69, 9.17) is 0 Å². The van der Waals surface area contributed by atoms with Gasteiger partial charge in [-0.3, -0.25) is 4.79 Å². The highest BCUT2D eigenvalue weighted by Gasteiger charge is 2.34. The van der Waals surface area contributed by atoms with Crippen LogP contribution in [-0.4, -0.2) is 38.1 Å². The number of hydrogen-bond donors (Lipinski definition) is 1. The summed E-state index contributed by atoms with van der Waals surface area (Å²) in [5.41, 5.74) is 0.139. The number of amides is 1. The molecule has 1 unspecified atom stereocenters. The van der Waals surface area contributed by atoms with Gasteiger partial charge < -0.3 is 10.1 Å². The molecule has 1 fully saturated rings. The van der Waals surface area contributed by atoms with Crippen molar-refractivity contribution < 1.29 is 31.1 Å². The molecule has 2 aromatic rings. The van der Waals surface area contributed by atoms with Gasteiger partial charge in [-0.25, -0.2) is 8.42 Å². The molecule has 1 heterocycles. The fourth-order valence-electron chi connectivity index (χ4n) is 3.13. The molecule has 2 aromatic carbocycles. The quantitative estimate of drug-likeness (QED) is 0.789. The summed E-state index contributed by atoms with van der Waals surface area (Å²) in [4.78, 5) is 12.7. The van der Waals surface area contributed by atoms with Gasteiger partial charge in [-0.1, -0.05) is 24.3 Å². The average molecular weight is 428 g/mol. The van der Waals surface area contributed by atoms with Crippen LogP contribution in [0.3, 0.4) is 0 Å². The van der Waals surface area contributed by atoms with E-state index in [2.05, 4.69) is 10.1 Å². The molecule has 0 aromatic heterocycles. The number of hydrogen-bond acceptors (Lipinski definition) is 4. The molecule has 10 heteroatoms. The third-order valence-electron chi connectivity index (χ3n) is 4.47. The van der Waals surface area contributed by atoms with Gasteiger partial charge in [0.25, 0.3) is 0 Å². The van der Waals surface area contributed by atoms with Crippen LogP contribution in [0, 0.1) is 5.92 Å². The molecule has 156 valence electrons. The molecule has 1 saturated heterocycles. The summed E-state index contributed by atoms with van der Waals surface area (Å²) in [6, 6.07) is 12.9. The molecule has 0 bridgehead atoms. The lowest BCUT2D eigenvalue weighted by atomic mass is 9.98. The molecule has 0 aliphatic carbocycles. The minimum atomic E-state index is -4.84. The first-order chi connectivity index (χ1) is 13.6. The number of carbonyl (C=O) groups is 1. The number of benzene rings is 2. The van der Waals surface area contributed by atoms with Gasteiger partial charge in [0.15, 0.2) is 0 Å². The Kier molecular flexibility index (Phi) is 6.13. The van der Waals surface area contributed by atoms with Crippen molar-refractivity contribution in [3.05, 3.63) is 54.6 Å². The zero-order valence-corrected chi connectivity index (χ0v) is 16.0. The lowest BCUT2D eigenvalue weighted by Crippen LogP contribution is -2.43. The largest absolute Gasteiger partial charge is 0.573 e. The van der Waals surface area contributed by atoms with Crippen LogP contribution in [0.25, 0.3) is 0 Å². The normalized spacial score (nSPS) is 18.2. The van der Waals surface area contributed by atoms with Gasteiger partial charge in [0.05, 0.1) is 10.8 Å². The number of rotatable bonds is 5. The summed E-state index contributed by atoms with van der Waals surface area (Å²) < 4.78 is 67.7. The zero-order valence-electron chi connectivity index (χ0n) is 15.2. The predicted molar refractivity (Wildman–Crippen MR) is 99.7 cm³/mol. The lowest BCUT2D eigenvalue weighted by Gasteiger charge is -2.31. The summed E-state index contributed by atoms with van der Waals surface area (Å²) in [6.07, 6.45) is -3.86. The number of alkyl halides is 3. The van der Waals surface area contributed by atoms with Gasteiger partial charge in [-0.2, -0.15) is 4.31 Å². The van der Waals surface area contributed by atoms with Crippen molar-refractivity contribution in [3.8, 4) is 5.75 Å². The molecule has 0 radical (unpaired) electrons. The van der Waals surface area contributed by atoms with Gasteiger partial charge in [0.2, 0.25) is 15.9 Å². The van der Waals surface area contributed by atoms with Crippen LogP contribution in [-0.2, 0) is 14.8 Å². The Hall–Kier alpha value is -2.59. The molecule has 6 nitrogen and oxygen atoms in total. The van der Waals surface area contributed by atoms with Crippen molar-refractivity contribution in [1.29, 1.82) is 0 Å². The lowest BCUT2D eigenvalue weighted by molar-refractivity contribution is -0.274. The molecule has 1 aliphatic heterocycles. The van der Waals surface area contributed by atoms with Crippen molar-refractivity contribution in [2.45, 2.75) is 24.1 Å². The van der Waals surface area contributed by atoms with Crippen LogP contribution >= 0.6 is 0 Å². The smallest absolute Gasteiger partial charge is 0.406 e.